The molecule has 0 saturated carbocycles. The van der Waals surface area contributed by atoms with Crippen molar-refractivity contribution in [2.24, 2.45) is 0 Å². The van der Waals surface area contributed by atoms with Crippen LogP contribution in [0.5, 0.6) is 28.7 Å². The van der Waals surface area contributed by atoms with Gasteiger partial charge < -0.3 is 28.8 Å². The van der Waals surface area contributed by atoms with E-state index in [1.807, 2.05) is 0 Å². The number of hydrogen-bond acceptors (Lipinski definition) is 7. The van der Waals surface area contributed by atoms with Crippen molar-refractivity contribution < 1.29 is 28.8 Å². The average molecular weight is 328 g/mol. The highest BCUT2D eigenvalue weighted by atomic mass is 16.7. The minimum atomic E-state index is -0.448. The number of fused-ring (bicyclic) bond motifs is 2. The summed E-state index contributed by atoms with van der Waals surface area (Å²) in [5, 5.41) is 20.2. The molecule has 2 N–H and O–H groups in total. The zero-order valence-corrected chi connectivity index (χ0v) is 12.5. The zero-order chi connectivity index (χ0) is 16.8. The molecule has 1 aromatic heterocycles. The molecule has 0 aliphatic carbocycles. The number of phenols is 2. The normalized spacial score (nSPS) is 12.5. The Morgan fingerprint density at radius 3 is 2.75 bits per heavy atom. The van der Waals surface area contributed by atoms with Crippen LogP contribution in [0.4, 0.5) is 0 Å². The molecule has 0 bridgehead atoms. The molecule has 0 radical (unpaired) electrons. The van der Waals surface area contributed by atoms with Gasteiger partial charge in [-0.1, -0.05) is 6.07 Å². The zero-order valence-electron chi connectivity index (χ0n) is 12.5. The quantitative estimate of drug-likeness (QED) is 0.746. The van der Waals surface area contributed by atoms with Crippen molar-refractivity contribution in [3.05, 3.63) is 40.8 Å². The van der Waals surface area contributed by atoms with E-state index in [0.29, 0.717) is 11.3 Å². The van der Waals surface area contributed by atoms with Gasteiger partial charge in [0.05, 0.1) is 12.7 Å². The molecule has 0 atom stereocenters. The number of phenolic OH excluding ortho intramolecular Hbond substituents is 2. The third-order valence-electron chi connectivity index (χ3n) is 3.87. The van der Waals surface area contributed by atoms with Crippen LogP contribution in [0, 0.1) is 0 Å². The summed E-state index contributed by atoms with van der Waals surface area (Å²) in [6.07, 6.45) is 1.27. The fraction of sp³-hybridized carbons (Fsp3) is 0.118. The minimum absolute atomic E-state index is 0.00735. The highest BCUT2D eigenvalue weighted by molar-refractivity contribution is 5.91. The predicted molar refractivity (Wildman–Crippen MR) is 83.9 cm³/mol. The minimum Gasteiger partial charge on any atom is -0.504 e. The standard InChI is InChI=1S/C17H12O7/c1-21-11-3-2-8(4-10(11)18)9-6-22-12-5-13-17(24-7-23-13)16(20)14(12)15(9)19/h2-6,18,20H,7H2,1H3. The number of hydrogen-bond donors (Lipinski definition) is 2. The van der Waals surface area contributed by atoms with Crippen LogP contribution in [-0.4, -0.2) is 24.1 Å². The second kappa shape index (κ2) is 5.09. The first-order valence-electron chi connectivity index (χ1n) is 7.04. The third kappa shape index (κ3) is 1.95. The topological polar surface area (TPSA) is 98.4 Å². The maximum atomic E-state index is 12.8. The molecule has 122 valence electrons. The number of ether oxygens (including phenoxy) is 3. The molecule has 0 unspecified atom stereocenters. The van der Waals surface area contributed by atoms with Gasteiger partial charge in [0, 0.05) is 6.07 Å². The highest BCUT2D eigenvalue weighted by Gasteiger charge is 2.24. The Morgan fingerprint density at radius 2 is 2.00 bits per heavy atom. The Bertz CT molecular complexity index is 1020. The fourth-order valence-corrected chi connectivity index (χ4v) is 2.68. The van der Waals surface area contributed by atoms with Crippen LogP contribution in [0.1, 0.15) is 0 Å². The molecule has 24 heavy (non-hydrogen) atoms. The lowest BCUT2D eigenvalue weighted by Gasteiger charge is -2.08. The van der Waals surface area contributed by atoms with E-state index in [2.05, 4.69) is 0 Å². The fourth-order valence-electron chi connectivity index (χ4n) is 2.68. The van der Waals surface area contributed by atoms with Gasteiger partial charge in [0.2, 0.25) is 18.0 Å². The van der Waals surface area contributed by atoms with Crippen LogP contribution in [-0.2, 0) is 0 Å². The van der Waals surface area contributed by atoms with Gasteiger partial charge in [0.25, 0.3) is 0 Å². The molecule has 0 spiro atoms. The molecule has 3 aromatic rings. The summed E-state index contributed by atoms with van der Waals surface area (Å²) in [6, 6.07) is 6.03. The van der Waals surface area contributed by atoms with Crippen molar-refractivity contribution in [3.63, 3.8) is 0 Å². The Balaban J connectivity index is 1.97. The summed E-state index contributed by atoms with van der Waals surface area (Å²) in [5.41, 5.74) is 0.357. The average Bonchev–Trinajstić information content (AvgIpc) is 3.04. The molecular weight excluding hydrogens is 316 g/mol. The van der Waals surface area contributed by atoms with Crippen LogP contribution < -0.4 is 19.6 Å². The van der Waals surface area contributed by atoms with Gasteiger partial charge in [-0.25, -0.2) is 0 Å². The maximum absolute atomic E-state index is 12.8. The van der Waals surface area contributed by atoms with Crippen LogP contribution >= 0.6 is 0 Å². The molecule has 4 rings (SSSR count). The van der Waals surface area contributed by atoms with Crippen molar-refractivity contribution in [3.8, 4) is 39.9 Å². The molecule has 0 amide bonds. The lowest BCUT2D eigenvalue weighted by molar-refractivity contribution is 0.171. The monoisotopic (exact) mass is 328 g/mol. The first-order valence-corrected chi connectivity index (χ1v) is 7.04. The lowest BCUT2D eigenvalue weighted by atomic mass is 10.0. The molecular formula is C17H12O7. The molecule has 0 fully saturated rings. The van der Waals surface area contributed by atoms with E-state index in [1.54, 1.807) is 6.07 Å². The Hall–Kier alpha value is -3.35. The van der Waals surface area contributed by atoms with Crippen LogP contribution in [0.3, 0.4) is 0 Å². The van der Waals surface area contributed by atoms with E-state index >= 15 is 0 Å². The van der Waals surface area contributed by atoms with E-state index in [-0.39, 0.29) is 46.3 Å². The molecule has 7 nitrogen and oxygen atoms in total. The van der Waals surface area contributed by atoms with Crippen LogP contribution in [0.25, 0.3) is 22.1 Å². The summed E-state index contributed by atoms with van der Waals surface area (Å²) >= 11 is 0. The summed E-state index contributed by atoms with van der Waals surface area (Å²) in [6.45, 7) is -0.0351. The van der Waals surface area contributed by atoms with Gasteiger partial charge in [0.1, 0.15) is 17.2 Å². The number of rotatable bonds is 2. The van der Waals surface area contributed by atoms with Crippen LogP contribution in [0.2, 0.25) is 0 Å². The van der Waals surface area contributed by atoms with Crippen molar-refractivity contribution in [1.29, 1.82) is 0 Å². The molecule has 1 aliphatic rings. The van der Waals surface area contributed by atoms with Crippen molar-refractivity contribution in [1.82, 2.24) is 0 Å². The third-order valence-corrected chi connectivity index (χ3v) is 3.87. The summed E-state index contributed by atoms with van der Waals surface area (Å²) in [7, 11) is 1.43. The lowest BCUT2D eigenvalue weighted by Crippen LogP contribution is -2.05. The molecule has 2 heterocycles. The van der Waals surface area contributed by atoms with E-state index in [4.69, 9.17) is 18.6 Å². The maximum Gasteiger partial charge on any atom is 0.231 e. The molecule has 1 aliphatic heterocycles. The SMILES string of the molecule is COc1ccc(-c2coc3cc4c(c(O)c3c2=O)OCO4)cc1O. The largest absolute Gasteiger partial charge is 0.504 e. The van der Waals surface area contributed by atoms with E-state index in [1.165, 1.54) is 31.6 Å². The van der Waals surface area contributed by atoms with E-state index < -0.39 is 5.43 Å². The van der Waals surface area contributed by atoms with Gasteiger partial charge in [-0.2, -0.15) is 0 Å². The molecule has 0 saturated heterocycles. The van der Waals surface area contributed by atoms with Gasteiger partial charge in [-0.05, 0) is 17.7 Å². The van der Waals surface area contributed by atoms with E-state index in [9.17, 15) is 15.0 Å². The summed E-state index contributed by atoms with van der Waals surface area (Å²) in [4.78, 5) is 12.8. The first-order chi connectivity index (χ1) is 11.6. The van der Waals surface area contributed by atoms with Gasteiger partial charge in [-0.3, -0.25) is 4.79 Å². The number of benzene rings is 2. The Labute approximate surface area is 135 Å². The van der Waals surface area contributed by atoms with Gasteiger partial charge in [0.15, 0.2) is 23.0 Å². The van der Waals surface area contributed by atoms with Crippen LogP contribution in [0.15, 0.2) is 39.7 Å². The second-order valence-corrected chi connectivity index (χ2v) is 5.20. The van der Waals surface area contributed by atoms with E-state index in [0.717, 1.165) is 0 Å². The number of methoxy groups -OCH3 is 1. The van der Waals surface area contributed by atoms with Crippen molar-refractivity contribution in [2.45, 2.75) is 0 Å². The second-order valence-electron chi connectivity index (χ2n) is 5.20. The number of aromatic hydroxyl groups is 2. The van der Waals surface area contributed by atoms with Gasteiger partial charge in [-0.15, -0.1) is 0 Å². The summed E-state index contributed by atoms with van der Waals surface area (Å²) < 4.78 is 20.8. The van der Waals surface area contributed by atoms with Crippen molar-refractivity contribution >= 4 is 11.0 Å². The smallest absolute Gasteiger partial charge is 0.231 e. The summed E-state index contributed by atoms with van der Waals surface area (Å²) in [5.74, 6) is 0.287. The van der Waals surface area contributed by atoms with Gasteiger partial charge >= 0.3 is 0 Å². The van der Waals surface area contributed by atoms with Crippen molar-refractivity contribution in [2.75, 3.05) is 13.9 Å². The first kappa shape index (κ1) is 14.3. The molecule has 7 heteroatoms. The predicted octanol–water partition coefficient (Wildman–Crippen LogP) is 2.61. The Morgan fingerprint density at radius 1 is 1.17 bits per heavy atom. The molecule has 2 aromatic carbocycles. The highest BCUT2D eigenvalue weighted by Crippen LogP contribution is 2.44. The Kier molecular flexibility index (Phi) is 3.02.